The molecule has 0 aromatic heterocycles. The lowest BCUT2D eigenvalue weighted by atomic mass is 10.0. The number of hydrogen-bond acceptors (Lipinski definition) is 11. The van der Waals surface area contributed by atoms with Crippen molar-refractivity contribution in [3.05, 3.63) is 83.4 Å². The molecule has 0 spiro atoms. The largest absolute Gasteiger partial charge is 0.445 e. The highest BCUT2D eigenvalue weighted by molar-refractivity contribution is 7.89. The van der Waals surface area contributed by atoms with Crippen LogP contribution in [0.5, 0.6) is 0 Å². The number of ether oxygens (including phenoxy) is 1. The fraction of sp³-hybridized carbons (Fsp3) is 0.395. The number of hydrogen-bond donors (Lipinski definition) is 7. The van der Waals surface area contributed by atoms with Gasteiger partial charge < -0.3 is 48.1 Å². The number of carbonyl (C=O) groups is 5. The Labute approximate surface area is 361 Å². The van der Waals surface area contributed by atoms with Crippen LogP contribution in [0.1, 0.15) is 57.1 Å². The maximum Gasteiger partial charge on any atom is 0.407 e. The standard InChI is InChI=1S/C43H56N10O8S/c1-3-17-52(18-4-2)41(56)33-19-32-13-12-31(21-37(32)50-38(45)22-33)30-7-5-8-35(20-30)62(59,60)53-25-29(26-53)24-48-43(58)61-27-28-10-14-34(15-11-28)49-40(55)36(51-39(54)23-44)9-6-16-47-42(46)57/h5,7-8,10-15,19-21,29,36H,3-4,6,9,16-18,22-27,44H2,1-2H3,(H2,45,50)(H,48,58)(H,49,55)(H,51,54)(H3,46,47,57)/t36-/m0/s1. The molecule has 6 amide bonds. The molecule has 0 bridgehead atoms. The van der Waals surface area contributed by atoms with Crippen molar-refractivity contribution in [1.29, 1.82) is 0 Å². The maximum absolute atomic E-state index is 13.6. The van der Waals surface area contributed by atoms with Gasteiger partial charge in [0.15, 0.2) is 0 Å². The predicted molar refractivity (Wildman–Crippen MR) is 236 cm³/mol. The van der Waals surface area contributed by atoms with Crippen LogP contribution in [0.15, 0.2) is 82.2 Å². The zero-order valence-corrected chi connectivity index (χ0v) is 35.8. The van der Waals surface area contributed by atoms with E-state index >= 15 is 0 Å². The number of fused-ring (bicyclic) bond motifs is 1. The van der Waals surface area contributed by atoms with Crippen LogP contribution < -0.4 is 38.5 Å². The van der Waals surface area contributed by atoms with Crippen LogP contribution in [0, 0.1) is 5.92 Å². The lowest BCUT2D eigenvalue weighted by molar-refractivity contribution is -0.127. The van der Waals surface area contributed by atoms with Crippen molar-refractivity contribution in [1.82, 2.24) is 25.2 Å². The second kappa shape index (κ2) is 22.0. The number of nitrogens with one attached hydrogen (secondary N) is 4. The number of rotatable bonds is 20. The van der Waals surface area contributed by atoms with Crippen LogP contribution in [0.2, 0.25) is 0 Å². The number of alkyl carbamates (subject to hydrolysis) is 1. The monoisotopic (exact) mass is 872 g/mol. The molecule has 0 radical (unpaired) electrons. The average molecular weight is 873 g/mol. The quantitative estimate of drug-likeness (QED) is 0.0815. The number of nitrogens with two attached hydrogens (primary N) is 3. The van der Waals surface area contributed by atoms with Gasteiger partial charge in [0.1, 0.15) is 18.5 Å². The first-order valence-electron chi connectivity index (χ1n) is 20.6. The molecule has 19 heteroatoms. The van der Waals surface area contributed by atoms with E-state index in [9.17, 15) is 32.4 Å². The first-order chi connectivity index (χ1) is 29.7. The van der Waals surface area contributed by atoms with Crippen molar-refractivity contribution >= 4 is 63.2 Å². The van der Waals surface area contributed by atoms with Gasteiger partial charge in [-0.25, -0.2) is 23.0 Å². The zero-order chi connectivity index (χ0) is 44.8. The fourth-order valence-corrected chi connectivity index (χ4v) is 8.62. The van der Waals surface area contributed by atoms with Crippen molar-refractivity contribution < 1.29 is 37.1 Å². The van der Waals surface area contributed by atoms with Gasteiger partial charge in [0.25, 0.3) is 0 Å². The molecule has 0 aliphatic carbocycles. The highest BCUT2D eigenvalue weighted by atomic mass is 32.2. The van der Waals surface area contributed by atoms with E-state index in [4.69, 9.17) is 21.9 Å². The third kappa shape index (κ3) is 12.9. The summed E-state index contributed by atoms with van der Waals surface area (Å²) in [6, 6.07) is 17.3. The summed E-state index contributed by atoms with van der Waals surface area (Å²) < 4.78 is 34.0. The van der Waals surface area contributed by atoms with E-state index in [0.29, 0.717) is 53.4 Å². The van der Waals surface area contributed by atoms with Gasteiger partial charge in [0, 0.05) is 68.4 Å². The molecule has 3 aromatic carbocycles. The van der Waals surface area contributed by atoms with Crippen molar-refractivity contribution in [3.8, 4) is 11.1 Å². The van der Waals surface area contributed by atoms with Crippen molar-refractivity contribution in [2.24, 2.45) is 28.1 Å². The topological polar surface area (TPSA) is 274 Å². The Morgan fingerprint density at radius 3 is 2.34 bits per heavy atom. The molecule has 1 atom stereocenters. The van der Waals surface area contributed by atoms with Crippen LogP contribution in [0.4, 0.5) is 21.0 Å². The Balaban J connectivity index is 1.10. The van der Waals surface area contributed by atoms with E-state index in [2.05, 4.69) is 26.3 Å². The normalized spacial score (nSPS) is 14.4. The van der Waals surface area contributed by atoms with Gasteiger partial charge in [0.2, 0.25) is 27.7 Å². The third-order valence-electron chi connectivity index (χ3n) is 10.2. The van der Waals surface area contributed by atoms with Crippen LogP contribution in [0.25, 0.3) is 17.2 Å². The summed E-state index contributed by atoms with van der Waals surface area (Å²) in [5, 5.41) is 10.4. The molecule has 0 saturated carbocycles. The molecule has 2 heterocycles. The minimum atomic E-state index is -3.83. The molecule has 2 aliphatic rings. The van der Waals surface area contributed by atoms with E-state index in [0.717, 1.165) is 24.0 Å². The highest BCUT2D eigenvalue weighted by Gasteiger charge is 2.37. The van der Waals surface area contributed by atoms with E-state index in [1.165, 1.54) is 4.31 Å². The number of primary amides is 1. The number of urea groups is 1. The summed E-state index contributed by atoms with van der Waals surface area (Å²) in [5.41, 5.74) is 21.2. The second-order valence-electron chi connectivity index (χ2n) is 15.1. The molecule has 332 valence electrons. The van der Waals surface area contributed by atoms with Crippen LogP contribution in [-0.2, 0) is 35.8 Å². The molecule has 10 N–H and O–H groups in total. The molecule has 5 rings (SSSR count). The molecule has 62 heavy (non-hydrogen) atoms. The Bertz CT molecular complexity index is 2270. The molecular weight excluding hydrogens is 817 g/mol. The molecule has 3 aromatic rings. The number of anilines is 1. The van der Waals surface area contributed by atoms with Gasteiger partial charge >= 0.3 is 12.1 Å². The number of carbonyl (C=O) groups excluding carboxylic acids is 5. The number of aliphatic imine (C=N–C) groups is 1. The maximum atomic E-state index is 13.6. The number of nitrogens with zero attached hydrogens (tertiary/aromatic N) is 3. The van der Waals surface area contributed by atoms with Gasteiger partial charge in [-0.05, 0) is 78.8 Å². The van der Waals surface area contributed by atoms with Crippen LogP contribution in [-0.4, -0.2) is 105 Å². The van der Waals surface area contributed by atoms with Crippen LogP contribution >= 0.6 is 0 Å². The minimum Gasteiger partial charge on any atom is -0.445 e. The van der Waals surface area contributed by atoms with Gasteiger partial charge in [-0.1, -0.05) is 50.2 Å². The lowest BCUT2D eigenvalue weighted by Crippen LogP contribution is -2.53. The van der Waals surface area contributed by atoms with Gasteiger partial charge in [-0.15, -0.1) is 0 Å². The lowest BCUT2D eigenvalue weighted by Gasteiger charge is -2.38. The second-order valence-corrected chi connectivity index (χ2v) is 17.1. The van der Waals surface area contributed by atoms with Crippen molar-refractivity contribution in [2.75, 3.05) is 51.1 Å². The molecule has 1 fully saturated rings. The molecule has 18 nitrogen and oxygen atoms in total. The van der Waals surface area contributed by atoms with E-state index < -0.39 is 40.0 Å². The summed E-state index contributed by atoms with van der Waals surface area (Å²) in [5.74, 6) is -0.826. The first-order valence-corrected chi connectivity index (χ1v) is 22.0. The zero-order valence-electron chi connectivity index (χ0n) is 35.0. The first kappa shape index (κ1) is 46.8. The molecular formula is C43H56N10O8S. The third-order valence-corrected chi connectivity index (χ3v) is 12.0. The number of amidine groups is 1. The number of benzene rings is 3. The van der Waals surface area contributed by atoms with Crippen LogP contribution in [0.3, 0.4) is 0 Å². The summed E-state index contributed by atoms with van der Waals surface area (Å²) in [4.78, 5) is 68.1. The number of amides is 6. The minimum absolute atomic E-state index is 0.0502. The Hall–Kier alpha value is -6.31. The van der Waals surface area contributed by atoms with Crippen molar-refractivity contribution in [2.45, 2.75) is 63.5 Å². The Morgan fingerprint density at radius 2 is 1.66 bits per heavy atom. The smallest absolute Gasteiger partial charge is 0.407 e. The fourth-order valence-electron chi connectivity index (χ4n) is 6.98. The summed E-state index contributed by atoms with van der Waals surface area (Å²) in [7, 11) is -3.83. The predicted octanol–water partition coefficient (Wildman–Crippen LogP) is 3.16. The molecule has 1 saturated heterocycles. The highest BCUT2D eigenvalue weighted by Crippen LogP contribution is 2.34. The van der Waals surface area contributed by atoms with Gasteiger partial charge in [-0.3, -0.25) is 14.4 Å². The average Bonchev–Trinajstić information content (AvgIpc) is 3.40. The van der Waals surface area contributed by atoms with Crippen molar-refractivity contribution in [3.63, 3.8) is 0 Å². The summed E-state index contributed by atoms with van der Waals surface area (Å²) in [6.45, 7) is 5.93. The Morgan fingerprint density at radius 1 is 0.952 bits per heavy atom. The van der Waals surface area contributed by atoms with E-state index in [-0.39, 0.29) is 68.9 Å². The number of sulfonamides is 1. The molecule has 2 aliphatic heterocycles. The van der Waals surface area contributed by atoms with Gasteiger partial charge in [0.05, 0.1) is 17.1 Å². The van der Waals surface area contributed by atoms with E-state index in [1.54, 1.807) is 42.5 Å². The summed E-state index contributed by atoms with van der Waals surface area (Å²) in [6.07, 6.45) is 3.72. The summed E-state index contributed by atoms with van der Waals surface area (Å²) >= 11 is 0. The SMILES string of the molecule is CCCN(CCC)C(=O)C1=Cc2ccc(-c3cccc(S(=O)(=O)N4CC(CNC(=O)OCc5ccc(NC(=O)[C@H](CCCNC(N)=O)NC(=O)CN)cc5)C4)c3)cc2N=C(N)C1. The Kier molecular flexibility index (Phi) is 16.6. The molecule has 0 unspecified atom stereocenters. The van der Waals surface area contributed by atoms with E-state index in [1.807, 2.05) is 49.1 Å². The van der Waals surface area contributed by atoms with Gasteiger partial charge in [-0.2, -0.15) is 4.31 Å².